The first-order chi connectivity index (χ1) is 13.0. The van der Waals surface area contributed by atoms with Gasteiger partial charge < -0.3 is 20.7 Å². The number of nitrogens with two attached hydrogens (primary N) is 1. The van der Waals surface area contributed by atoms with Crippen molar-refractivity contribution in [1.82, 2.24) is 10.3 Å². The van der Waals surface area contributed by atoms with Crippen molar-refractivity contribution in [2.75, 3.05) is 24.6 Å². The van der Waals surface area contributed by atoms with Crippen LogP contribution < -0.4 is 16.0 Å². The predicted octanol–water partition coefficient (Wildman–Crippen LogP) is 1.33. The second-order valence-corrected chi connectivity index (χ2v) is 8.26. The third-order valence-corrected chi connectivity index (χ3v) is 6.10. The predicted molar refractivity (Wildman–Crippen MR) is 101 cm³/mol. The zero-order chi connectivity index (χ0) is 19.0. The molecular formula is C20H28N4O3. The number of aromatic nitrogens is 1. The average molecular weight is 372 g/mol. The summed E-state index contributed by atoms with van der Waals surface area (Å²) in [5, 5.41) is 3.10. The average Bonchev–Trinajstić information content (AvgIpc) is 3.37. The minimum absolute atomic E-state index is 0.00549. The van der Waals surface area contributed by atoms with E-state index < -0.39 is 5.91 Å². The monoisotopic (exact) mass is 372 g/mol. The first-order valence-corrected chi connectivity index (χ1v) is 9.89. The summed E-state index contributed by atoms with van der Waals surface area (Å²) >= 11 is 0. The van der Waals surface area contributed by atoms with Crippen molar-refractivity contribution in [3.05, 3.63) is 23.9 Å². The Bertz CT molecular complexity index is 721. The highest BCUT2D eigenvalue weighted by Crippen LogP contribution is 2.40. The molecule has 146 valence electrons. The molecule has 1 aromatic heterocycles. The van der Waals surface area contributed by atoms with E-state index in [1.165, 1.54) is 12.8 Å². The number of nitrogens with one attached hydrogen (secondary N) is 1. The number of nitrogens with zero attached hydrogens (tertiary/aromatic N) is 2. The fourth-order valence-electron chi connectivity index (χ4n) is 4.57. The van der Waals surface area contributed by atoms with Gasteiger partial charge in [-0.05, 0) is 55.6 Å². The van der Waals surface area contributed by atoms with E-state index in [9.17, 15) is 9.59 Å². The second kappa shape index (κ2) is 7.46. The maximum absolute atomic E-state index is 11.8. The quantitative estimate of drug-likeness (QED) is 0.785. The highest BCUT2D eigenvalue weighted by atomic mass is 16.5. The Labute approximate surface area is 159 Å². The summed E-state index contributed by atoms with van der Waals surface area (Å²) < 4.78 is 6.21. The van der Waals surface area contributed by atoms with E-state index >= 15 is 0 Å². The van der Waals surface area contributed by atoms with Gasteiger partial charge in [-0.15, -0.1) is 0 Å². The Hall–Kier alpha value is -2.15. The van der Waals surface area contributed by atoms with Crippen molar-refractivity contribution in [1.29, 1.82) is 0 Å². The molecule has 0 aromatic carbocycles. The zero-order valence-corrected chi connectivity index (χ0v) is 15.8. The number of anilines is 1. The van der Waals surface area contributed by atoms with Gasteiger partial charge in [0.2, 0.25) is 5.91 Å². The van der Waals surface area contributed by atoms with Crippen LogP contribution in [0.4, 0.5) is 5.82 Å². The topological polar surface area (TPSA) is 97.5 Å². The van der Waals surface area contributed by atoms with Crippen molar-refractivity contribution in [2.24, 2.45) is 23.5 Å². The number of pyridine rings is 1. The SMILES string of the molecule is CC(=O)N[C@@H]1C[C@@H]2CN(c3ncccc3C(N)=O)C[C@@H]2C[C@H]1OCC1CC1. The number of carbonyl (C=O) groups is 2. The van der Waals surface area contributed by atoms with Crippen LogP contribution in [0.15, 0.2) is 18.3 Å². The molecule has 2 saturated carbocycles. The second-order valence-electron chi connectivity index (χ2n) is 8.26. The molecule has 2 heterocycles. The van der Waals surface area contributed by atoms with Gasteiger partial charge in [-0.1, -0.05) is 0 Å². The van der Waals surface area contributed by atoms with E-state index in [0.29, 0.717) is 29.1 Å². The number of hydrogen-bond acceptors (Lipinski definition) is 5. The lowest BCUT2D eigenvalue weighted by atomic mass is 9.77. The molecule has 0 unspecified atom stereocenters. The Balaban J connectivity index is 1.48. The molecule has 7 nitrogen and oxygen atoms in total. The van der Waals surface area contributed by atoms with Crippen molar-refractivity contribution >= 4 is 17.6 Å². The Morgan fingerprint density at radius 1 is 1.30 bits per heavy atom. The molecule has 0 spiro atoms. The highest BCUT2D eigenvalue weighted by molar-refractivity contribution is 5.97. The van der Waals surface area contributed by atoms with E-state index in [-0.39, 0.29) is 18.1 Å². The van der Waals surface area contributed by atoms with Gasteiger partial charge >= 0.3 is 0 Å². The third kappa shape index (κ3) is 4.08. The summed E-state index contributed by atoms with van der Waals surface area (Å²) in [6, 6.07) is 3.53. The molecule has 27 heavy (non-hydrogen) atoms. The van der Waals surface area contributed by atoms with Crippen LogP contribution in [0.3, 0.4) is 0 Å². The molecule has 2 aliphatic carbocycles. The van der Waals surface area contributed by atoms with Gasteiger partial charge in [0.25, 0.3) is 5.91 Å². The van der Waals surface area contributed by atoms with Crippen molar-refractivity contribution in [2.45, 2.75) is 44.8 Å². The molecule has 3 aliphatic rings. The standard InChI is InChI=1S/C20H28N4O3/c1-12(25)23-17-7-14-9-24(20-16(19(21)26)3-2-6-22-20)10-15(14)8-18(17)27-11-13-4-5-13/h2-3,6,13-15,17-18H,4-5,7-11H2,1H3,(H2,21,26)(H,23,25)/t14-,15+,17-,18-/m1/s1. The van der Waals surface area contributed by atoms with E-state index in [1.807, 2.05) is 0 Å². The van der Waals surface area contributed by atoms with E-state index in [2.05, 4.69) is 15.2 Å². The number of fused-ring (bicyclic) bond motifs is 1. The molecule has 4 atom stereocenters. The Kier molecular flexibility index (Phi) is 5.04. The summed E-state index contributed by atoms with van der Waals surface area (Å²) in [6.45, 7) is 4.04. The Morgan fingerprint density at radius 3 is 2.70 bits per heavy atom. The minimum Gasteiger partial charge on any atom is -0.376 e. The van der Waals surface area contributed by atoms with E-state index in [1.54, 1.807) is 25.3 Å². The normalized spacial score (nSPS) is 30.0. The molecule has 0 radical (unpaired) electrons. The number of primary amides is 1. The maximum atomic E-state index is 11.8. The molecule has 3 fully saturated rings. The molecule has 1 aromatic rings. The number of hydrogen-bond donors (Lipinski definition) is 2. The number of amides is 2. The molecule has 4 rings (SSSR count). The van der Waals surface area contributed by atoms with Crippen molar-refractivity contribution in [3.8, 4) is 0 Å². The van der Waals surface area contributed by atoms with Crippen LogP contribution in [-0.2, 0) is 9.53 Å². The van der Waals surface area contributed by atoms with Gasteiger partial charge in [0, 0.05) is 32.8 Å². The van der Waals surface area contributed by atoms with E-state index in [4.69, 9.17) is 10.5 Å². The summed E-state index contributed by atoms with van der Waals surface area (Å²) in [6.07, 6.45) is 6.10. The Morgan fingerprint density at radius 2 is 2.04 bits per heavy atom. The number of carbonyl (C=O) groups excluding carboxylic acids is 2. The van der Waals surface area contributed by atoms with Crippen LogP contribution >= 0.6 is 0 Å². The third-order valence-electron chi connectivity index (χ3n) is 6.10. The molecule has 0 bridgehead atoms. The van der Waals surface area contributed by atoms with Crippen LogP contribution in [0.2, 0.25) is 0 Å². The first-order valence-electron chi connectivity index (χ1n) is 9.89. The van der Waals surface area contributed by atoms with Gasteiger partial charge in [-0.3, -0.25) is 9.59 Å². The number of ether oxygens (including phenoxy) is 1. The molecule has 2 amide bonds. The maximum Gasteiger partial charge on any atom is 0.252 e. The van der Waals surface area contributed by atoms with Crippen LogP contribution in [-0.4, -0.2) is 48.6 Å². The minimum atomic E-state index is -0.449. The van der Waals surface area contributed by atoms with Crippen LogP contribution in [0.5, 0.6) is 0 Å². The molecule has 1 saturated heterocycles. The molecule has 3 N–H and O–H groups in total. The van der Waals surface area contributed by atoms with Crippen molar-refractivity contribution < 1.29 is 14.3 Å². The van der Waals surface area contributed by atoms with Gasteiger partial charge in [0.15, 0.2) is 0 Å². The van der Waals surface area contributed by atoms with Crippen LogP contribution in [0.1, 0.15) is 43.0 Å². The first kappa shape index (κ1) is 18.2. The summed E-state index contributed by atoms with van der Waals surface area (Å²) in [7, 11) is 0. The van der Waals surface area contributed by atoms with Gasteiger partial charge in [-0.25, -0.2) is 4.98 Å². The highest BCUT2D eigenvalue weighted by Gasteiger charge is 2.44. The van der Waals surface area contributed by atoms with Crippen LogP contribution in [0.25, 0.3) is 0 Å². The summed E-state index contributed by atoms with van der Waals surface area (Å²) in [5.74, 6) is 1.84. The largest absolute Gasteiger partial charge is 0.376 e. The summed E-state index contributed by atoms with van der Waals surface area (Å²) in [4.78, 5) is 30.0. The fourth-order valence-corrected chi connectivity index (χ4v) is 4.57. The smallest absolute Gasteiger partial charge is 0.252 e. The van der Waals surface area contributed by atoms with Gasteiger partial charge in [-0.2, -0.15) is 0 Å². The lowest BCUT2D eigenvalue weighted by Crippen LogP contribution is -2.50. The molecular weight excluding hydrogens is 344 g/mol. The number of rotatable bonds is 6. The van der Waals surface area contributed by atoms with Crippen molar-refractivity contribution in [3.63, 3.8) is 0 Å². The van der Waals surface area contributed by atoms with Gasteiger partial charge in [0.05, 0.1) is 17.7 Å². The fraction of sp³-hybridized carbons (Fsp3) is 0.650. The zero-order valence-electron chi connectivity index (χ0n) is 15.8. The lowest BCUT2D eigenvalue weighted by molar-refractivity contribution is -0.122. The van der Waals surface area contributed by atoms with E-state index in [0.717, 1.165) is 32.5 Å². The summed E-state index contributed by atoms with van der Waals surface area (Å²) in [5.41, 5.74) is 6.00. The van der Waals surface area contributed by atoms with Gasteiger partial charge in [0.1, 0.15) is 5.82 Å². The molecule has 7 heteroatoms. The lowest BCUT2D eigenvalue weighted by Gasteiger charge is -2.38. The molecule has 1 aliphatic heterocycles. The van der Waals surface area contributed by atoms with Crippen LogP contribution in [0, 0.1) is 17.8 Å².